The largest absolute Gasteiger partial charge is 0.355 e. The van der Waals surface area contributed by atoms with E-state index in [0.29, 0.717) is 51.9 Å². The van der Waals surface area contributed by atoms with Crippen molar-refractivity contribution in [2.75, 3.05) is 26.2 Å². The highest BCUT2D eigenvalue weighted by Gasteiger charge is 2.14. The predicted molar refractivity (Wildman–Crippen MR) is 86.8 cm³/mol. The Kier molecular flexibility index (Phi) is 12.7. The van der Waals surface area contributed by atoms with Gasteiger partial charge in [-0.05, 0) is 45.2 Å². The van der Waals surface area contributed by atoms with Crippen LogP contribution in [0.1, 0.15) is 38.5 Å². The van der Waals surface area contributed by atoms with E-state index in [0.717, 1.165) is 12.8 Å². The lowest BCUT2D eigenvalue weighted by Gasteiger charge is -2.12. The van der Waals surface area contributed by atoms with Gasteiger partial charge in [-0.2, -0.15) is 0 Å². The van der Waals surface area contributed by atoms with Gasteiger partial charge in [-0.1, -0.05) is 6.42 Å². The Bertz CT molecular complexity index is 314. The van der Waals surface area contributed by atoms with Crippen LogP contribution in [0.4, 0.5) is 0 Å². The minimum atomic E-state index is -0.575. The normalized spacial score (nSPS) is 13.5. The highest BCUT2D eigenvalue weighted by atomic mass is 16.2. The van der Waals surface area contributed by atoms with E-state index in [4.69, 9.17) is 22.9 Å². The number of hydrogen-bond acceptors (Lipinski definition) is 6. The molecule has 0 fully saturated rings. The van der Waals surface area contributed by atoms with E-state index in [1.165, 1.54) is 0 Å². The molecule has 0 aromatic carbocycles. The lowest BCUT2D eigenvalue weighted by atomic mass is 10.1. The fraction of sp³-hybridized carbons (Fsp3) is 0.857. The monoisotopic (exact) mass is 315 g/mol. The smallest absolute Gasteiger partial charge is 0.258 e. The standard InChI is InChI=1S/C14H31N6O2/c15-7-2-1-5-11(17)13(21)19-9-4-10-20-14(22)12(18)6-3-8-16/h11-12H,1-10,15-18H2,(H,19,21)/t11-,12-/m0/s1. The van der Waals surface area contributed by atoms with E-state index < -0.39 is 12.1 Å². The molecule has 0 heterocycles. The number of carbonyl (C=O) groups is 2. The van der Waals surface area contributed by atoms with Gasteiger partial charge in [-0.3, -0.25) is 14.9 Å². The third kappa shape index (κ3) is 10.5. The quantitative estimate of drug-likeness (QED) is 0.250. The second-order valence-electron chi connectivity index (χ2n) is 5.29. The molecule has 2 amide bonds. The number of amides is 2. The molecule has 1 radical (unpaired) electrons. The van der Waals surface area contributed by atoms with Gasteiger partial charge in [0.25, 0.3) is 5.91 Å². The minimum Gasteiger partial charge on any atom is -0.355 e. The van der Waals surface area contributed by atoms with Crippen molar-refractivity contribution in [3.63, 3.8) is 0 Å². The van der Waals surface area contributed by atoms with Gasteiger partial charge in [-0.25, -0.2) is 0 Å². The summed E-state index contributed by atoms with van der Waals surface area (Å²) in [4.78, 5) is 23.2. The molecule has 9 N–H and O–H groups in total. The second-order valence-corrected chi connectivity index (χ2v) is 5.29. The number of nitrogens with two attached hydrogens (primary N) is 4. The Morgan fingerprint density at radius 2 is 1.55 bits per heavy atom. The zero-order valence-corrected chi connectivity index (χ0v) is 13.3. The molecule has 0 aliphatic heterocycles. The first kappa shape index (κ1) is 20.8. The maximum Gasteiger partial charge on any atom is 0.258 e. The van der Waals surface area contributed by atoms with Gasteiger partial charge in [0.15, 0.2) is 0 Å². The maximum absolute atomic E-state index is 11.7. The summed E-state index contributed by atoms with van der Waals surface area (Å²) in [7, 11) is 0. The SMILES string of the molecule is NCCCC[C@H](N)C(=O)NCCC[N]C(=O)[C@@H](N)CCCN. The van der Waals surface area contributed by atoms with Gasteiger partial charge < -0.3 is 28.3 Å². The Morgan fingerprint density at radius 1 is 0.909 bits per heavy atom. The molecular formula is C14H31N6O2. The Hall–Kier alpha value is -1.22. The molecule has 0 unspecified atom stereocenters. The van der Waals surface area contributed by atoms with Crippen molar-refractivity contribution in [2.24, 2.45) is 22.9 Å². The van der Waals surface area contributed by atoms with Crippen LogP contribution in [0.3, 0.4) is 0 Å². The molecule has 8 heteroatoms. The van der Waals surface area contributed by atoms with E-state index in [2.05, 4.69) is 10.6 Å². The minimum absolute atomic E-state index is 0.178. The molecule has 0 aliphatic carbocycles. The first-order chi connectivity index (χ1) is 10.5. The fourth-order valence-electron chi connectivity index (χ4n) is 1.83. The third-order valence-electron chi connectivity index (χ3n) is 3.24. The Labute approximate surface area is 132 Å². The van der Waals surface area contributed by atoms with Crippen LogP contribution in [-0.2, 0) is 9.59 Å². The molecule has 0 aromatic rings. The zero-order chi connectivity index (χ0) is 16.8. The van der Waals surface area contributed by atoms with Crippen LogP contribution in [-0.4, -0.2) is 50.1 Å². The van der Waals surface area contributed by atoms with Gasteiger partial charge in [0.05, 0.1) is 12.1 Å². The summed E-state index contributed by atoms with van der Waals surface area (Å²) in [5, 5.41) is 6.61. The number of carbonyl (C=O) groups excluding carboxylic acids is 2. The van der Waals surface area contributed by atoms with E-state index in [9.17, 15) is 9.59 Å². The maximum atomic E-state index is 11.7. The molecule has 2 atom stereocenters. The van der Waals surface area contributed by atoms with Crippen molar-refractivity contribution < 1.29 is 9.59 Å². The van der Waals surface area contributed by atoms with Crippen LogP contribution in [0.25, 0.3) is 0 Å². The number of nitrogens with one attached hydrogen (secondary N) is 1. The summed E-state index contributed by atoms with van der Waals surface area (Å²) in [6, 6.07) is -1.08. The Morgan fingerprint density at radius 3 is 2.18 bits per heavy atom. The zero-order valence-electron chi connectivity index (χ0n) is 13.3. The molecule has 0 saturated carbocycles. The number of hydrogen-bond donors (Lipinski definition) is 5. The summed E-state index contributed by atoms with van der Waals surface area (Å²) in [6.07, 6.45) is 4.17. The van der Waals surface area contributed by atoms with Gasteiger partial charge in [0.1, 0.15) is 0 Å². The first-order valence-corrected chi connectivity index (χ1v) is 7.93. The number of nitrogens with zero attached hydrogens (tertiary/aromatic N) is 1. The third-order valence-corrected chi connectivity index (χ3v) is 3.24. The summed E-state index contributed by atoms with van der Waals surface area (Å²) < 4.78 is 0. The second kappa shape index (κ2) is 13.4. The van der Waals surface area contributed by atoms with E-state index in [1.807, 2.05) is 0 Å². The molecule has 8 nitrogen and oxygen atoms in total. The van der Waals surface area contributed by atoms with Crippen LogP contribution < -0.4 is 33.6 Å². The van der Waals surface area contributed by atoms with Gasteiger partial charge >= 0.3 is 0 Å². The van der Waals surface area contributed by atoms with E-state index in [1.54, 1.807) is 0 Å². The van der Waals surface area contributed by atoms with Crippen LogP contribution in [0.2, 0.25) is 0 Å². The van der Waals surface area contributed by atoms with Crippen molar-refractivity contribution in [1.82, 2.24) is 10.6 Å². The van der Waals surface area contributed by atoms with Crippen molar-refractivity contribution in [2.45, 2.75) is 50.6 Å². The number of rotatable bonds is 13. The van der Waals surface area contributed by atoms with Gasteiger partial charge in [0.2, 0.25) is 5.91 Å². The molecule has 129 valence electrons. The van der Waals surface area contributed by atoms with Crippen LogP contribution in [0.15, 0.2) is 0 Å². The van der Waals surface area contributed by atoms with Crippen molar-refractivity contribution in [3.8, 4) is 0 Å². The summed E-state index contributed by atoms with van der Waals surface area (Å²) >= 11 is 0. The van der Waals surface area contributed by atoms with Gasteiger partial charge in [0, 0.05) is 13.1 Å². The van der Waals surface area contributed by atoms with Crippen molar-refractivity contribution in [1.29, 1.82) is 0 Å². The highest BCUT2D eigenvalue weighted by Crippen LogP contribution is 1.98. The molecule has 0 bridgehead atoms. The number of unbranched alkanes of at least 4 members (excludes halogenated alkanes) is 1. The molecule has 22 heavy (non-hydrogen) atoms. The van der Waals surface area contributed by atoms with Crippen molar-refractivity contribution in [3.05, 3.63) is 0 Å². The van der Waals surface area contributed by atoms with Crippen molar-refractivity contribution >= 4 is 11.8 Å². The molecule has 0 aliphatic rings. The van der Waals surface area contributed by atoms with Crippen LogP contribution in [0, 0.1) is 0 Å². The topological polar surface area (TPSA) is 164 Å². The van der Waals surface area contributed by atoms with Crippen LogP contribution >= 0.6 is 0 Å². The fourth-order valence-corrected chi connectivity index (χ4v) is 1.83. The Balaban J connectivity index is 3.63. The lowest BCUT2D eigenvalue weighted by molar-refractivity contribution is -0.122. The molecule has 0 saturated heterocycles. The van der Waals surface area contributed by atoms with E-state index in [-0.39, 0.29) is 11.8 Å². The average molecular weight is 315 g/mol. The first-order valence-electron chi connectivity index (χ1n) is 7.93. The molecule has 0 rings (SSSR count). The summed E-state index contributed by atoms with van der Waals surface area (Å²) in [5.74, 6) is -0.485. The molecular weight excluding hydrogens is 284 g/mol. The van der Waals surface area contributed by atoms with Gasteiger partial charge in [-0.15, -0.1) is 0 Å². The van der Waals surface area contributed by atoms with E-state index >= 15 is 0 Å². The summed E-state index contributed by atoms with van der Waals surface area (Å²) in [6.45, 7) is 1.91. The predicted octanol–water partition coefficient (Wildman–Crippen LogP) is -1.85. The van der Waals surface area contributed by atoms with Crippen LogP contribution in [0.5, 0.6) is 0 Å². The molecule has 0 aromatic heterocycles. The summed E-state index contributed by atoms with van der Waals surface area (Å²) in [5.41, 5.74) is 22.2. The lowest BCUT2D eigenvalue weighted by Crippen LogP contribution is -2.42. The molecule has 0 spiro atoms. The average Bonchev–Trinajstić information content (AvgIpc) is 2.51. The highest BCUT2D eigenvalue weighted by molar-refractivity contribution is 5.81.